The SMILES string of the molecule is CCOc1cccc(OCC)c1C(=O)[P+](C(=O)c1ccccc1OC)(C(=O)c1ccccc1OC)C(C)CC. The van der Waals surface area contributed by atoms with Crippen LogP contribution in [0, 0.1) is 0 Å². The molecule has 0 aliphatic rings. The zero-order chi connectivity index (χ0) is 28.6. The van der Waals surface area contributed by atoms with Gasteiger partial charge in [0.2, 0.25) is 7.26 Å². The van der Waals surface area contributed by atoms with Crippen molar-refractivity contribution in [1.29, 1.82) is 0 Å². The first-order chi connectivity index (χ1) is 18.8. The Bertz CT molecular complexity index is 1250. The summed E-state index contributed by atoms with van der Waals surface area (Å²) in [6, 6.07) is 18.4. The standard InChI is InChI=1S/C31H36O7P/c1-7-21(4)39(29(32)22-15-10-12-17-24(22)35-5,30(33)23-16-11-13-18-25(23)36-6)31(34)28-26(37-8-2)19-14-20-27(28)38-9-3/h10-21H,7-9H2,1-6H3/q+1. The van der Waals surface area contributed by atoms with Crippen molar-refractivity contribution in [3.63, 3.8) is 0 Å². The molecule has 0 aliphatic heterocycles. The number of benzene rings is 3. The van der Waals surface area contributed by atoms with Gasteiger partial charge in [-0.1, -0.05) is 37.3 Å². The van der Waals surface area contributed by atoms with E-state index in [-0.39, 0.29) is 41.4 Å². The molecule has 0 spiro atoms. The molecule has 0 aromatic heterocycles. The summed E-state index contributed by atoms with van der Waals surface area (Å²) in [5, 5.41) is 0. The van der Waals surface area contributed by atoms with Gasteiger partial charge in [-0.15, -0.1) is 0 Å². The minimum absolute atomic E-state index is 0.0985. The molecule has 0 fully saturated rings. The highest BCUT2D eigenvalue weighted by molar-refractivity contribution is 8.17. The van der Waals surface area contributed by atoms with E-state index in [0.717, 1.165) is 0 Å². The molecule has 7 nitrogen and oxygen atoms in total. The van der Waals surface area contributed by atoms with Crippen LogP contribution >= 0.6 is 7.26 Å². The van der Waals surface area contributed by atoms with Crippen LogP contribution < -0.4 is 18.9 Å². The summed E-state index contributed by atoms with van der Waals surface area (Å²) < 4.78 is 22.8. The lowest BCUT2D eigenvalue weighted by Gasteiger charge is -2.28. The number of methoxy groups -OCH3 is 2. The minimum Gasteiger partial charge on any atom is -0.496 e. The summed E-state index contributed by atoms with van der Waals surface area (Å²) >= 11 is 0. The maximum Gasteiger partial charge on any atom is 0.323 e. The molecule has 3 aromatic rings. The van der Waals surface area contributed by atoms with Crippen LogP contribution in [0.3, 0.4) is 0 Å². The van der Waals surface area contributed by atoms with E-state index in [1.54, 1.807) is 87.5 Å². The minimum atomic E-state index is -3.94. The van der Waals surface area contributed by atoms with Crippen molar-refractivity contribution >= 4 is 23.8 Å². The number of carbonyl (C=O) groups excluding carboxylic acids is 3. The number of hydrogen-bond acceptors (Lipinski definition) is 7. The lowest BCUT2D eigenvalue weighted by molar-refractivity contribution is 0.100. The molecular formula is C31H36O7P+. The van der Waals surface area contributed by atoms with Crippen LogP contribution in [0.4, 0.5) is 0 Å². The molecule has 0 amide bonds. The normalized spacial score (nSPS) is 11.8. The van der Waals surface area contributed by atoms with Gasteiger partial charge in [-0.2, -0.15) is 0 Å². The second-order valence-corrected chi connectivity index (χ2v) is 12.3. The number of para-hydroxylation sites is 2. The Morgan fingerprint density at radius 3 is 1.44 bits per heavy atom. The summed E-state index contributed by atoms with van der Waals surface area (Å²) in [5.74, 6) is 1.11. The van der Waals surface area contributed by atoms with Crippen LogP contribution in [-0.2, 0) is 0 Å². The Hall–Kier alpha value is -3.70. The smallest absolute Gasteiger partial charge is 0.323 e. The Labute approximate surface area is 230 Å². The van der Waals surface area contributed by atoms with Crippen molar-refractivity contribution in [3.8, 4) is 23.0 Å². The zero-order valence-electron chi connectivity index (χ0n) is 23.4. The highest BCUT2D eigenvalue weighted by Crippen LogP contribution is 2.71. The first-order valence-corrected chi connectivity index (χ1v) is 14.9. The van der Waals surface area contributed by atoms with Crippen molar-refractivity contribution in [2.45, 2.75) is 39.8 Å². The molecule has 0 saturated heterocycles. The lowest BCUT2D eigenvalue weighted by Crippen LogP contribution is -2.32. The predicted octanol–water partition coefficient (Wildman–Crippen LogP) is 7.14. The first-order valence-electron chi connectivity index (χ1n) is 13.0. The van der Waals surface area contributed by atoms with E-state index in [9.17, 15) is 9.59 Å². The van der Waals surface area contributed by atoms with Gasteiger partial charge in [0.25, 0.3) is 0 Å². The van der Waals surface area contributed by atoms with Gasteiger partial charge in [0.05, 0.1) is 33.1 Å². The summed E-state index contributed by atoms with van der Waals surface area (Å²) in [6.45, 7) is 7.83. The van der Waals surface area contributed by atoms with Gasteiger partial charge in [0.15, 0.2) is 0 Å². The van der Waals surface area contributed by atoms with Gasteiger partial charge in [-0.25, -0.2) is 14.4 Å². The largest absolute Gasteiger partial charge is 0.496 e. The molecule has 1 unspecified atom stereocenters. The Balaban J connectivity index is 2.48. The third-order valence-corrected chi connectivity index (χ3v) is 11.0. The highest BCUT2D eigenvalue weighted by atomic mass is 31.2. The number of carbonyl (C=O) groups is 3. The van der Waals surface area contributed by atoms with E-state index in [2.05, 4.69) is 0 Å². The zero-order valence-corrected chi connectivity index (χ0v) is 24.2. The van der Waals surface area contributed by atoms with Crippen molar-refractivity contribution in [2.24, 2.45) is 0 Å². The van der Waals surface area contributed by atoms with Crippen LogP contribution in [0.1, 0.15) is 65.2 Å². The maximum absolute atomic E-state index is 15.1. The molecule has 0 N–H and O–H groups in total. The van der Waals surface area contributed by atoms with E-state index in [1.807, 2.05) is 6.92 Å². The molecule has 0 aliphatic carbocycles. The second-order valence-electron chi connectivity index (χ2n) is 8.79. The maximum atomic E-state index is 15.1. The summed E-state index contributed by atoms with van der Waals surface area (Å²) in [5.41, 5.74) is -1.84. The number of hydrogen-bond donors (Lipinski definition) is 0. The Morgan fingerprint density at radius 2 is 1.05 bits per heavy atom. The first kappa shape index (κ1) is 29.9. The molecule has 0 saturated carbocycles. The summed E-state index contributed by atoms with van der Waals surface area (Å²) in [4.78, 5) is 44.7. The average Bonchev–Trinajstić information content (AvgIpc) is 2.97. The molecule has 8 heteroatoms. The van der Waals surface area contributed by atoms with Crippen LogP contribution in [0.25, 0.3) is 0 Å². The fraction of sp³-hybridized carbons (Fsp3) is 0.323. The molecule has 3 rings (SSSR count). The van der Waals surface area contributed by atoms with Gasteiger partial charge >= 0.3 is 16.6 Å². The second kappa shape index (κ2) is 13.4. The summed E-state index contributed by atoms with van der Waals surface area (Å²) in [6.07, 6.45) is 0.405. The van der Waals surface area contributed by atoms with E-state index in [0.29, 0.717) is 17.9 Å². The predicted molar refractivity (Wildman–Crippen MR) is 154 cm³/mol. The van der Waals surface area contributed by atoms with Gasteiger partial charge in [0.1, 0.15) is 39.7 Å². The van der Waals surface area contributed by atoms with Gasteiger partial charge in [-0.05, 0) is 63.6 Å². The third kappa shape index (κ3) is 5.55. The monoisotopic (exact) mass is 551 g/mol. The topological polar surface area (TPSA) is 88.1 Å². The lowest BCUT2D eigenvalue weighted by atomic mass is 10.2. The number of rotatable bonds is 14. The molecule has 39 heavy (non-hydrogen) atoms. The average molecular weight is 552 g/mol. The molecule has 206 valence electrons. The quantitative estimate of drug-likeness (QED) is 0.197. The summed E-state index contributed by atoms with van der Waals surface area (Å²) in [7, 11) is -1.03. The van der Waals surface area contributed by atoms with Crippen molar-refractivity contribution in [1.82, 2.24) is 0 Å². The molecule has 0 bridgehead atoms. The van der Waals surface area contributed by atoms with E-state index in [4.69, 9.17) is 18.9 Å². The van der Waals surface area contributed by atoms with Crippen molar-refractivity contribution in [3.05, 3.63) is 83.4 Å². The van der Waals surface area contributed by atoms with E-state index >= 15 is 4.79 Å². The van der Waals surface area contributed by atoms with Crippen LogP contribution in [0.2, 0.25) is 0 Å². The molecule has 0 heterocycles. The van der Waals surface area contributed by atoms with Crippen molar-refractivity contribution in [2.75, 3.05) is 27.4 Å². The fourth-order valence-corrected chi connectivity index (χ4v) is 8.63. The van der Waals surface area contributed by atoms with Crippen molar-refractivity contribution < 1.29 is 33.3 Å². The third-order valence-electron chi connectivity index (χ3n) is 6.69. The number of ether oxygens (including phenoxy) is 4. The highest BCUT2D eigenvalue weighted by Gasteiger charge is 2.67. The van der Waals surface area contributed by atoms with Crippen LogP contribution in [0.5, 0.6) is 23.0 Å². The van der Waals surface area contributed by atoms with Gasteiger partial charge in [0, 0.05) is 0 Å². The van der Waals surface area contributed by atoms with Crippen LogP contribution in [-0.4, -0.2) is 49.7 Å². The molecule has 3 aromatic carbocycles. The molecule has 1 atom stereocenters. The Morgan fingerprint density at radius 1 is 0.641 bits per heavy atom. The van der Waals surface area contributed by atoms with Gasteiger partial charge < -0.3 is 18.9 Å². The Kier molecular flexibility index (Phi) is 10.2. The van der Waals surface area contributed by atoms with E-state index < -0.39 is 29.5 Å². The van der Waals surface area contributed by atoms with Gasteiger partial charge in [-0.3, -0.25) is 0 Å². The fourth-order valence-electron chi connectivity index (χ4n) is 4.62. The van der Waals surface area contributed by atoms with Crippen LogP contribution in [0.15, 0.2) is 66.7 Å². The molecular weight excluding hydrogens is 515 g/mol. The van der Waals surface area contributed by atoms with E-state index in [1.165, 1.54) is 14.2 Å². The molecule has 0 radical (unpaired) electrons.